The standard InChI is InChI=1S/C12H15BrClNO5S/c1-7(2)19-3-4-20-12(16)9-5-8(13)6-10(11(9)14)21(15,17)18/h5-7H,3-4H2,1-2H3,(H2,15,17,18). The third-order valence-electron chi connectivity index (χ3n) is 2.30. The normalized spacial score (nSPS) is 11.7. The zero-order valence-corrected chi connectivity index (χ0v) is 14.6. The summed E-state index contributed by atoms with van der Waals surface area (Å²) < 4.78 is 33.4. The van der Waals surface area contributed by atoms with Crippen LogP contribution in [-0.2, 0) is 19.5 Å². The number of ether oxygens (including phenoxy) is 2. The fourth-order valence-corrected chi connectivity index (χ4v) is 3.18. The van der Waals surface area contributed by atoms with Crippen LogP contribution in [0.5, 0.6) is 0 Å². The zero-order chi connectivity index (χ0) is 16.2. The summed E-state index contributed by atoms with van der Waals surface area (Å²) >= 11 is 9.01. The fraction of sp³-hybridized carbons (Fsp3) is 0.417. The highest BCUT2D eigenvalue weighted by atomic mass is 79.9. The predicted molar refractivity (Wildman–Crippen MR) is 81.9 cm³/mol. The van der Waals surface area contributed by atoms with E-state index in [-0.39, 0.29) is 34.8 Å². The van der Waals surface area contributed by atoms with Crippen LogP contribution in [0.15, 0.2) is 21.5 Å². The molecular formula is C12H15BrClNO5S. The van der Waals surface area contributed by atoms with Crippen LogP contribution in [-0.4, -0.2) is 33.7 Å². The van der Waals surface area contributed by atoms with Crippen molar-refractivity contribution in [3.05, 3.63) is 27.2 Å². The van der Waals surface area contributed by atoms with E-state index in [0.29, 0.717) is 4.47 Å². The molecule has 0 radical (unpaired) electrons. The SMILES string of the molecule is CC(C)OCCOC(=O)c1cc(Br)cc(S(N)(=O)=O)c1Cl. The number of esters is 1. The second kappa shape index (κ2) is 7.55. The Bertz CT molecular complexity index is 633. The number of hydrogen-bond acceptors (Lipinski definition) is 5. The van der Waals surface area contributed by atoms with Gasteiger partial charge in [-0.3, -0.25) is 0 Å². The molecule has 0 aliphatic carbocycles. The monoisotopic (exact) mass is 399 g/mol. The quantitative estimate of drug-likeness (QED) is 0.584. The van der Waals surface area contributed by atoms with Crippen molar-refractivity contribution in [3.8, 4) is 0 Å². The Balaban J connectivity index is 2.93. The van der Waals surface area contributed by atoms with Crippen LogP contribution in [0.4, 0.5) is 0 Å². The first kappa shape index (κ1) is 18.4. The molecule has 0 aliphatic heterocycles. The van der Waals surface area contributed by atoms with E-state index in [9.17, 15) is 13.2 Å². The van der Waals surface area contributed by atoms with Crippen LogP contribution in [0.1, 0.15) is 24.2 Å². The Hall–Kier alpha value is -0.670. The van der Waals surface area contributed by atoms with E-state index >= 15 is 0 Å². The van der Waals surface area contributed by atoms with Gasteiger partial charge in [-0.05, 0) is 26.0 Å². The summed E-state index contributed by atoms with van der Waals surface area (Å²) in [6, 6.07) is 2.58. The molecule has 0 heterocycles. The number of hydrogen-bond donors (Lipinski definition) is 1. The van der Waals surface area contributed by atoms with E-state index in [1.807, 2.05) is 13.8 Å². The number of nitrogens with two attached hydrogens (primary N) is 1. The Kier molecular flexibility index (Phi) is 6.61. The minimum atomic E-state index is -4.04. The summed E-state index contributed by atoms with van der Waals surface area (Å²) in [5.74, 6) is -0.751. The molecule has 118 valence electrons. The van der Waals surface area contributed by atoms with Crippen LogP contribution < -0.4 is 5.14 Å². The highest BCUT2D eigenvalue weighted by Gasteiger charge is 2.22. The maximum Gasteiger partial charge on any atom is 0.339 e. The first-order chi connectivity index (χ1) is 9.62. The highest BCUT2D eigenvalue weighted by Crippen LogP contribution is 2.29. The van der Waals surface area contributed by atoms with E-state index in [2.05, 4.69) is 15.9 Å². The second-order valence-corrected chi connectivity index (χ2v) is 7.19. The van der Waals surface area contributed by atoms with Gasteiger partial charge < -0.3 is 9.47 Å². The zero-order valence-electron chi connectivity index (χ0n) is 11.4. The van der Waals surface area contributed by atoms with Crippen LogP contribution >= 0.6 is 27.5 Å². The first-order valence-corrected chi connectivity index (χ1v) is 8.65. The van der Waals surface area contributed by atoms with Gasteiger partial charge in [0.1, 0.15) is 11.5 Å². The molecule has 0 saturated heterocycles. The van der Waals surface area contributed by atoms with Crippen molar-refractivity contribution in [2.24, 2.45) is 5.14 Å². The smallest absolute Gasteiger partial charge is 0.339 e. The van der Waals surface area contributed by atoms with Crippen molar-refractivity contribution < 1.29 is 22.7 Å². The van der Waals surface area contributed by atoms with Gasteiger partial charge in [0, 0.05) is 4.47 Å². The van der Waals surface area contributed by atoms with Crippen molar-refractivity contribution in [2.75, 3.05) is 13.2 Å². The number of carbonyl (C=O) groups excluding carboxylic acids is 1. The van der Waals surface area contributed by atoms with E-state index in [1.165, 1.54) is 12.1 Å². The van der Waals surface area contributed by atoms with Gasteiger partial charge in [0.25, 0.3) is 0 Å². The molecule has 2 N–H and O–H groups in total. The van der Waals surface area contributed by atoms with E-state index in [1.54, 1.807) is 0 Å². The van der Waals surface area contributed by atoms with Gasteiger partial charge in [0.05, 0.1) is 23.3 Å². The predicted octanol–water partition coefficient (Wildman–Crippen LogP) is 2.33. The van der Waals surface area contributed by atoms with Crippen LogP contribution in [0.25, 0.3) is 0 Å². The van der Waals surface area contributed by atoms with Crippen molar-refractivity contribution in [2.45, 2.75) is 24.8 Å². The molecule has 1 rings (SSSR count). The summed E-state index contributed by atoms with van der Waals surface area (Å²) in [5, 5.41) is 4.78. The van der Waals surface area contributed by atoms with Gasteiger partial charge in [0.15, 0.2) is 0 Å². The minimum absolute atomic E-state index is 0.0205. The Morgan fingerprint density at radius 1 is 1.38 bits per heavy atom. The third kappa shape index (κ3) is 5.55. The van der Waals surface area contributed by atoms with Gasteiger partial charge in [-0.25, -0.2) is 18.4 Å². The molecule has 0 atom stereocenters. The van der Waals surface area contributed by atoms with Crippen LogP contribution in [0.2, 0.25) is 5.02 Å². The number of halogens is 2. The molecule has 0 amide bonds. The molecule has 0 aromatic heterocycles. The van der Waals surface area contributed by atoms with Crippen molar-refractivity contribution in [1.29, 1.82) is 0 Å². The Labute approximate surface area is 136 Å². The van der Waals surface area contributed by atoms with Gasteiger partial charge in [-0.1, -0.05) is 27.5 Å². The molecule has 6 nitrogen and oxygen atoms in total. The Morgan fingerprint density at radius 2 is 2.00 bits per heavy atom. The molecule has 0 saturated carbocycles. The summed E-state index contributed by atoms with van der Waals surface area (Å²) in [5.41, 5.74) is -0.0837. The molecule has 1 aromatic rings. The van der Waals surface area contributed by atoms with Gasteiger partial charge in [0.2, 0.25) is 10.0 Å². The first-order valence-electron chi connectivity index (χ1n) is 5.93. The number of rotatable bonds is 6. The van der Waals surface area contributed by atoms with Crippen molar-refractivity contribution in [1.82, 2.24) is 0 Å². The van der Waals surface area contributed by atoms with Crippen LogP contribution in [0.3, 0.4) is 0 Å². The van der Waals surface area contributed by atoms with E-state index in [4.69, 9.17) is 26.2 Å². The van der Waals surface area contributed by atoms with E-state index in [0.717, 1.165) is 0 Å². The summed E-state index contributed by atoms with van der Waals surface area (Å²) in [7, 11) is -4.04. The van der Waals surface area contributed by atoms with Gasteiger partial charge in [-0.2, -0.15) is 0 Å². The lowest BCUT2D eigenvalue weighted by Crippen LogP contribution is -2.17. The summed E-state index contributed by atoms with van der Waals surface area (Å²) in [6.07, 6.45) is 0.0205. The molecule has 0 unspecified atom stereocenters. The number of benzene rings is 1. The third-order valence-corrected chi connectivity index (χ3v) is 4.21. The van der Waals surface area contributed by atoms with Gasteiger partial charge >= 0.3 is 5.97 Å². The average molecular weight is 401 g/mol. The Morgan fingerprint density at radius 3 is 2.52 bits per heavy atom. The minimum Gasteiger partial charge on any atom is -0.460 e. The molecule has 0 fully saturated rings. The maximum atomic E-state index is 11.9. The molecule has 9 heteroatoms. The average Bonchev–Trinajstić information content (AvgIpc) is 2.35. The number of carbonyl (C=O) groups is 1. The largest absolute Gasteiger partial charge is 0.460 e. The molecule has 0 spiro atoms. The highest BCUT2D eigenvalue weighted by molar-refractivity contribution is 9.10. The lowest BCUT2D eigenvalue weighted by Gasteiger charge is -2.11. The van der Waals surface area contributed by atoms with E-state index < -0.39 is 16.0 Å². The van der Waals surface area contributed by atoms with Crippen LogP contribution in [0, 0.1) is 0 Å². The number of sulfonamides is 1. The molecule has 0 bridgehead atoms. The summed E-state index contributed by atoms with van der Waals surface area (Å²) in [4.78, 5) is 11.6. The number of primary sulfonamides is 1. The maximum absolute atomic E-state index is 11.9. The summed E-state index contributed by atoms with van der Waals surface area (Å²) in [6.45, 7) is 3.97. The van der Waals surface area contributed by atoms with Crippen molar-refractivity contribution in [3.63, 3.8) is 0 Å². The molecular weight excluding hydrogens is 386 g/mol. The molecule has 1 aromatic carbocycles. The lowest BCUT2D eigenvalue weighted by molar-refractivity contribution is 0.0177. The molecule has 0 aliphatic rings. The lowest BCUT2D eigenvalue weighted by atomic mass is 10.2. The topological polar surface area (TPSA) is 95.7 Å². The van der Waals surface area contributed by atoms with Crippen molar-refractivity contribution >= 4 is 43.5 Å². The van der Waals surface area contributed by atoms with Gasteiger partial charge in [-0.15, -0.1) is 0 Å². The fourth-order valence-electron chi connectivity index (χ4n) is 1.42. The second-order valence-electron chi connectivity index (χ2n) is 4.37. The molecule has 21 heavy (non-hydrogen) atoms.